The van der Waals surface area contributed by atoms with E-state index in [1.165, 1.54) is 12.1 Å². The van der Waals surface area contributed by atoms with Crippen molar-refractivity contribution >= 4 is 11.6 Å². The monoisotopic (exact) mass is 461 g/mol. The van der Waals surface area contributed by atoms with Crippen molar-refractivity contribution in [2.75, 3.05) is 20.8 Å². The first-order valence-corrected chi connectivity index (χ1v) is 11.2. The van der Waals surface area contributed by atoms with Gasteiger partial charge in [-0.15, -0.1) is 0 Å². The van der Waals surface area contributed by atoms with Crippen molar-refractivity contribution in [1.29, 1.82) is 0 Å². The molecule has 0 aliphatic carbocycles. The molecule has 1 unspecified atom stereocenters. The summed E-state index contributed by atoms with van der Waals surface area (Å²) in [5.41, 5.74) is 4.41. The van der Waals surface area contributed by atoms with Gasteiger partial charge in [-0.3, -0.25) is 4.79 Å². The minimum absolute atomic E-state index is 0.113. The number of aromatic nitrogens is 2. The number of aryl methyl sites for hydroxylation is 1. The van der Waals surface area contributed by atoms with Gasteiger partial charge in [-0.2, -0.15) is 0 Å². The fraction of sp³-hybridized carbons (Fsp3) is 0.259. The molecular weight excluding hydrogens is 433 g/mol. The first-order chi connectivity index (χ1) is 16.5. The fourth-order valence-corrected chi connectivity index (χ4v) is 4.23. The van der Waals surface area contributed by atoms with E-state index >= 15 is 0 Å². The van der Waals surface area contributed by atoms with Crippen LogP contribution in [0.1, 0.15) is 34.9 Å². The minimum Gasteiger partial charge on any atom is -0.493 e. The predicted molar refractivity (Wildman–Crippen MR) is 129 cm³/mol. The number of carbonyl (C=O) groups excluding carboxylic acids is 1. The number of benzene rings is 2. The van der Waals surface area contributed by atoms with Crippen LogP contribution < -0.4 is 14.8 Å². The number of halogens is 1. The molecule has 2 heterocycles. The molecule has 4 rings (SSSR count). The highest BCUT2D eigenvalue weighted by Crippen LogP contribution is 2.30. The number of nitrogens with zero attached hydrogens (tertiary/aromatic N) is 2. The highest BCUT2D eigenvalue weighted by Gasteiger charge is 2.23. The molecule has 176 valence electrons. The van der Waals surface area contributed by atoms with Gasteiger partial charge >= 0.3 is 0 Å². The number of imidazole rings is 1. The summed E-state index contributed by atoms with van der Waals surface area (Å²) in [6, 6.07) is 18.0. The van der Waals surface area contributed by atoms with Gasteiger partial charge in [-0.05, 0) is 60.9 Å². The Bertz CT molecular complexity index is 1300. The van der Waals surface area contributed by atoms with Crippen LogP contribution in [0.5, 0.6) is 11.5 Å². The zero-order chi connectivity index (χ0) is 24.1. The second kappa shape index (κ2) is 10.4. The van der Waals surface area contributed by atoms with E-state index in [9.17, 15) is 9.18 Å². The van der Waals surface area contributed by atoms with Gasteiger partial charge < -0.3 is 19.2 Å². The van der Waals surface area contributed by atoms with Gasteiger partial charge in [-0.1, -0.05) is 24.3 Å². The van der Waals surface area contributed by atoms with E-state index < -0.39 is 0 Å². The van der Waals surface area contributed by atoms with Crippen molar-refractivity contribution in [3.63, 3.8) is 0 Å². The maximum atomic E-state index is 14.1. The maximum Gasteiger partial charge on any atom is 0.221 e. The number of fused-ring (bicyclic) bond motifs is 1. The zero-order valence-corrected chi connectivity index (χ0v) is 19.5. The number of pyridine rings is 1. The van der Waals surface area contributed by atoms with Crippen molar-refractivity contribution in [1.82, 2.24) is 14.7 Å². The summed E-state index contributed by atoms with van der Waals surface area (Å²) in [6.07, 6.45) is 2.60. The van der Waals surface area contributed by atoms with Gasteiger partial charge in [0, 0.05) is 30.8 Å². The second-order valence-electron chi connectivity index (χ2n) is 8.14. The molecule has 0 aliphatic heterocycles. The first-order valence-electron chi connectivity index (χ1n) is 11.2. The van der Waals surface area contributed by atoms with Gasteiger partial charge in [0.15, 0.2) is 11.5 Å². The van der Waals surface area contributed by atoms with Gasteiger partial charge in [0.1, 0.15) is 11.5 Å². The van der Waals surface area contributed by atoms with Crippen LogP contribution in [0.15, 0.2) is 66.9 Å². The van der Waals surface area contributed by atoms with E-state index in [1.54, 1.807) is 26.5 Å². The molecule has 0 fully saturated rings. The van der Waals surface area contributed by atoms with E-state index in [0.29, 0.717) is 24.5 Å². The summed E-state index contributed by atoms with van der Waals surface area (Å²) < 4.78 is 26.7. The number of methoxy groups -OCH3 is 2. The molecule has 0 aliphatic rings. The van der Waals surface area contributed by atoms with Crippen molar-refractivity contribution in [3.8, 4) is 11.5 Å². The van der Waals surface area contributed by atoms with Crippen molar-refractivity contribution in [2.45, 2.75) is 25.7 Å². The Labute approximate surface area is 198 Å². The highest BCUT2D eigenvalue weighted by atomic mass is 19.1. The molecule has 1 N–H and O–H groups in total. The molecule has 1 atom stereocenters. The zero-order valence-electron chi connectivity index (χ0n) is 19.5. The summed E-state index contributed by atoms with van der Waals surface area (Å²) in [6.45, 7) is 2.46. The molecule has 0 bridgehead atoms. The number of hydrogen-bond donors (Lipinski definition) is 1. The average Bonchev–Trinajstić information content (AvgIpc) is 3.27. The molecule has 0 saturated heterocycles. The van der Waals surface area contributed by atoms with E-state index in [-0.39, 0.29) is 24.1 Å². The second-order valence-corrected chi connectivity index (χ2v) is 8.14. The van der Waals surface area contributed by atoms with Crippen molar-refractivity contribution in [3.05, 3.63) is 95.2 Å². The first kappa shape index (κ1) is 23.3. The largest absolute Gasteiger partial charge is 0.493 e. The third-order valence-corrected chi connectivity index (χ3v) is 5.93. The minimum atomic E-state index is -0.340. The lowest BCUT2D eigenvalue weighted by Gasteiger charge is -2.18. The average molecular weight is 462 g/mol. The van der Waals surface area contributed by atoms with E-state index in [1.807, 2.05) is 53.8 Å². The maximum absolute atomic E-state index is 14.1. The van der Waals surface area contributed by atoms with E-state index in [2.05, 4.69) is 10.3 Å². The Hall–Kier alpha value is -3.87. The Balaban J connectivity index is 1.51. The van der Waals surface area contributed by atoms with Gasteiger partial charge in [0.2, 0.25) is 5.91 Å². The molecule has 0 radical (unpaired) electrons. The van der Waals surface area contributed by atoms with Crippen LogP contribution in [-0.2, 0) is 11.2 Å². The smallest absolute Gasteiger partial charge is 0.221 e. The Morgan fingerprint density at radius 3 is 2.62 bits per heavy atom. The third-order valence-electron chi connectivity index (χ3n) is 5.93. The molecule has 7 heteroatoms. The van der Waals surface area contributed by atoms with Crippen molar-refractivity contribution in [2.24, 2.45) is 0 Å². The van der Waals surface area contributed by atoms with Gasteiger partial charge in [0.25, 0.3) is 0 Å². The summed E-state index contributed by atoms with van der Waals surface area (Å²) in [5.74, 6) is 0.532. The van der Waals surface area contributed by atoms with Crippen LogP contribution in [0, 0.1) is 12.7 Å². The summed E-state index contributed by atoms with van der Waals surface area (Å²) >= 11 is 0. The van der Waals surface area contributed by atoms with Crippen LogP contribution in [0.4, 0.5) is 4.39 Å². The number of carbonyl (C=O) groups is 1. The molecule has 2 aromatic carbocycles. The van der Waals surface area contributed by atoms with E-state index in [0.717, 1.165) is 28.2 Å². The standard InChI is InChI=1S/C27H28FN3O3/c1-18-6-4-9-26-30-17-23(31(18)26)22(20-7-5-8-21(28)15-20)16-27(32)29-13-12-19-10-11-24(33-2)25(14-19)34-3/h4-11,14-15,17,22H,12-13,16H2,1-3H3,(H,29,32). The Morgan fingerprint density at radius 1 is 1.06 bits per heavy atom. The number of rotatable bonds is 9. The lowest BCUT2D eigenvalue weighted by atomic mass is 9.92. The van der Waals surface area contributed by atoms with Crippen LogP contribution in [0.2, 0.25) is 0 Å². The fourth-order valence-electron chi connectivity index (χ4n) is 4.23. The summed E-state index contributed by atoms with van der Waals surface area (Å²) in [4.78, 5) is 17.5. The van der Waals surface area contributed by atoms with Gasteiger partial charge in [0.05, 0.1) is 19.9 Å². The van der Waals surface area contributed by atoms with Crippen LogP contribution in [0.3, 0.4) is 0 Å². The number of ether oxygens (including phenoxy) is 2. The Kier molecular flexibility index (Phi) is 7.11. The van der Waals surface area contributed by atoms with Crippen LogP contribution >= 0.6 is 0 Å². The summed E-state index contributed by atoms with van der Waals surface area (Å²) in [7, 11) is 3.19. The number of amides is 1. The molecule has 4 aromatic rings. The Morgan fingerprint density at radius 2 is 1.85 bits per heavy atom. The third kappa shape index (κ3) is 5.03. The van der Waals surface area contributed by atoms with Crippen LogP contribution in [-0.4, -0.2) is 36.1 Å². The topological polar surface area (TPSA) is 64.9 Å². The van der Waals surface area contributed by atoms with Crippen molar-refractivity contribution < 1.29 is 18.7 Å². The molecule has 1 amide bonds. The van der Waals surface area contributed by atoms with E-state index in [4.69, 9.17) is 9.47 Å². The predicted octanol–water partition coefficient (Wildman–Crippen LogP) is 4.68. The SMILES string of the molecule is COc1ccc(CCNC(=O)CC(c2cccc(F)c2)c2cnc3cccc(C)n23)cc1OC. The molecule has 34 heavy (non-hydrogen) atoms. The van der Waals surface area contributed by atoms with Gasteiger partial charge in [-0.25, -0.2) is 9.37 Å². The molecule has 6 nitrogen and oxygen atoms in total. The molecule has 0 saturated carbocycles. The molecule has 0 spiro atoms. The molecule has 2 aromatic heterocycles. The summed E-state index contributed by atoms with van der Waals surface area (Å²) in [5, 5.41) is 3.00. The lowest BCUT2D eigenvalue weighted by Crippen LogP contribution is -2.27. The van der Waals surface area contributed by atoms with Crippen LogP contribution in [0.25, 0.3) is 5.65 Å². The normalized spacial score (nSPS) is 11.9. The quantitative estimate of drug-likeness (QED) is 0.393. The number of nitrogens with one attached hydrogen (secondary N) is 1. The number of hydrogen-bond acceptors (Lipinski definition) is 4. The highest BCUT2D eigenvalue weighted by molar-refractivity contribution is 5.77. The molecular formula is C27H28FN3O3. The lowest BCUT2D eigenvalue weighted by molar-refractivity contribution is -0.121.